The van der Waals surface area contributed by atoms with Crippen LogP contribution in [0.2, 0.25) is 5.02 Å². The van der Waals surface area contributed by atoms with Crippen molar-refractivity contribution < 1.29 is 0 Å². The van der Waals surface area contributed by atoms with Gasteiger partial charge in [-0.2, -0.15) is 5.10 Å². The molecule has 0 fully saturated rings. The maximum Gasteiger partial charge on any atom is 0.0643 e. The zero-order valence-corrected chi connectivity index (χ0v) is 11.3. The molecule has 1 unspecified atom stereocenters. The lowest BCUT2D eigenvalue weighted by atomic mass is 9.98. The van der Waals surface area contributed by atoms with Crippen LogP contribution in [0.25, 0.3) is 0 Å². The number of hydrazine groups is 1. The van der Waals surface area contributed by atoms with Crippen molar-refractivity contribution in [3.63, 3.8) is 0 Å². The standard InChI is InChI=1S/C13H17ClN4/c1-9-7-10(14)3-4-12(9)13(16-15)8-11-5-6-18(2)17-11/h3-7,13,16H,8,15H2,1-2H3. The predicted molar refractivity (Wildman–Crippen MR) is 73.2 cm³/mol. The lowest BCUT2D eigenvalue weighted by Gasteiger charge is -2.17. The summed E-state index contributed by atoms with van der Waals surface area (Å²) in [6.45, 7) is 2.03. The molecule has 0 radical (unpaired) electrons. The molecule has 0 spiro atoms. The van der Waals surface area contributed by atoms with E-state index in [0.717, 1.165) is 28.3 Å². The van der Waals surface area contributed by atoms with Crippen molar-refractivity contribution in [3.05, 3.63) is 52.3 Å². The Hall–Kier alpha value is -1.36. The Balaban J connectivity index is 2.22. The van der Waals surface area contributed by atoms with Crippen LogP contribution in [0.15, 0.2) is 30.5 Å². The molecule has 18 heavy (non-hydrogen) atoms. The summed E-state index contributed by atoms with van der Waals surface area (Å²) < 4.78 is 1.79. The predicted octanol–water partition coefficient (Wildman–Crippen LogP) is 2.13. The van der Waals surface area contributed by atoms with Gasteiger partial charge in [-0.15, -0.1) is 0 Å². The van der Waals surface area contributed by atoms with Crippen molar-refractivity contribution in [2.45, 2.75) is 19.4 Å². The molecule has 96 valence electrons. The third-order valence-electron chi connectivity index (χ3n) is 2.99. The monoisotopic (exact) mass is 264 g/mol. The van der Waals surface area contributed by atoms with Crippen molar-refractivity contribution in [1.29, 1.82) is 0 Å². The minimum atomic E-state index is 0.0390. The third-order valence-corrected chi connectivity index (χ3v) is 3.23. The largest absolute Gasteiger partial charge is 0.276 e. The van der Waals surface area contributed by atoms with E-state index in [1.807, 2.05) is 44.4 Å². The van der Waals surface area contributed by atoms with Crippen LogP contribution >= 0.6 is 11.6 Å². The van der Waals surface area contributed by atoms with Crippen molar-refractivity contribution in [2.24, 2.45) is 12.9 Å². The van der Waals surface area contributed by atoms with Gasteiger partial charge in [0.1, 0.15) is 0 Å². The molecule has 0 aliphatic rings. The van der Waals surface area contributed by atoms with Crippen LogP contribution in [0.3, 0.4) is 0 Å². The van der Waals surface area contributed by atoms with Gasteiger partial charge in [-0.25, -0.2) is 0 Å². The normalized spacial score (nSPS) is 12.7. The fraction of sp³-hybridized carbons (Fsp3) is 0.308. The van der Waals surface area contributed by atoms with Gasteiger partial charge in [0.25, 0.3) is 0 Å². The van der Waals surface area contributed by atoms with Gasteiger partial charge in [0, 0.05) is 24.7 Å². The summed E-state index contributed by atoms with van der Waals surface area (Å²) in [6, 6.07) is 7.87. The van der Waals surface area contributed by atoms with E-state index in [2.05, 4.69) is 10.5 Å². The quantitative estimate of drug-likeness (QED) is 0.657. The number of hydrogen-bond donors (Lipinski definition) is 2. The number of nitrogens with two attached hydrogens (primary N) is 1. The Morgan fingerprint density at radius 3 is 2.78 bits per heavy atom. The van der Waals surface area contributed by atoms with Crippen LogP contribution in [0.5, 0.6) is 0 Å². The highest BCUT2D eigenvalue weighted by molar-refractivity contribution is 6.30. The molecular formula is C13H17ClN4. The van der Waals surface area contributed by atoms with Crippen LogP contribution < -0.4 is 11.3 Å². The first kappa shape index (κ1) is 13.1. The number of aromatic nitrogens is 2. The lowest BCUT2D eigenvalue weighted by molar-refractivity contribution is 0.539. The minimum absolute atomic E-state index is 0.0390. The molecule has 0 aliphatic carbocycles. The highest BCUT2D eigenvalue weighted by Crippen LogP contribution is 2.23. The average molecular weight is 265 g/mol. The number of nitrogens with one attached hydrogen (secondary N) is 1. The zero-order chi connectivity index (χ0) is 13.1. The maximum absolute atomic E-state index is 5.96. The Kier molecular flexibility index (Phi) is 4.01. The molecule has 0 aliphatic heterocycles. The second-order valence-corrected chi connectivity index (χ2v) is 4.84. The van der Waals surface area contributed by atoms with E-state index in [1.54, 1.807) is 4.68 Å². The Morgan fingerprint density at radius 1 is 1.44 bits per heavy atom. The molecule has 4 nitrogen and oxygen atoms in total. The summed E-state index contributed by atoms with van der Waals surface area (Å²) in [5.74, 6) is 5.65. The second-order valence-electron chi connectivity index (χ2n) is 4.41. The SMILES string of the molecule is Cc1cc(Cl)ccc1C(Cc1ccn(C)n1)NN. The molecule has 1 aromatic carbocycles. The van der Waals surface area contributed by atoms with Crippen LogP contribution in [-0.2, 0) is 13.5 Å². The van der Waals surface area contributed by atoms with Gasteiger partial charge in [0.2, 0.25) is 0 Å². The lowest BCUT2D eigenvalue weighted by Crippen LogP contribution is -2.30. The minimum Gasteiger partial charge on any atom is -0.276 e. The summed E-state index contributed by atoms with van der Waals surface area (Å²) in [5.41, 5.74) is 6.13. The van der Waals surface area contributed by atoms with E-state index in [0.29, 0.717) is 0 Å². The van der Waals surface area contributed by atoms with Crippen LogP contribution in [0, 0.1) is 6.92 Å². The molecule has 2 aromatic rings. The smallest absolute Gasteiger partial charge is 0.0643 e. The summed E-state index contributed by atoms with van der Waals surface area (Å²) >= 11 is 5.96. The molecule has 0 amide bonds. The van der Waals surface area contributed by atoms with Crippen LogP contribution in [-0.4, -0.2) is 9.78 Å². The molecule has 5 heteroatoms. The van der Waals surface area contributed by atoms with Crippen LogP contribution in [0.1, 0.15) is 22.9 Å². The van der Waals surface area contributed by atoms with E-state index in [-0.39, 0.29) is 6.04 Å². The van der Waals surface area contributed by atoms with E-state index < -0.39 is 0 Å². The van der Waals surface area contributed by atoms with Gasteiger partial charge < -0.3 is 0 Å². The van der Waals surface area contributed by atoms with Gasteiger partial charge in [0.15, 0.2) is 0 Å². The van der Waals surface area contributed by atoms with Gasteiger partial charge in [0.05, 0.1) is 11.7 Å². The molecular weight excluding hydrogens is 248 g/mol. The molecule has 1 heterocycles. The highest BCUT2D eigenvalue weighted by Gasteiger charge is 2.14. The highest BCUT2D eigenvalue weighted by atomic mass is 35.5. The molecule has 1 atom stereocenters. The summed E-state index contributed by atoms with van der Waals surface area (Å²) in [5, 5.41) is 5.11. The fourth-order valence-corrected chi connectivity index (χ4v) is 2.30. The Morgan fingerprint density at radius 2 is 2.22 bits per heavy atom. The van der Waals surface area contributed by atoms with Gasteiger partial charge in [-0.1, -0.05) is 17.7 Å². The van der Waals surface area contributed by atoms with E-state index in [4.69, 9.17) is 17.4 Å². The molecule has 1 aromatic heterocycles. The molecule has 0 bridgehead atoms. The number of halogens is 1. The van der Waals surface area contributed by atoms with Crippen molar-refractivity contribution in [1.82, 2.24) is 15.2 Å². The first-order valence-corrected chi connectivity index (χ1v) is 6.18. The topological polar surface area (TPSA) is 55.9 Å². The van der Waals surface area contributed by atoms with Crippen molar-refractivity contribution in [3.8, 4) is 0 Å². The Labute approximate surface area is 112 Å². The first-order valence-electron chi connectivity index (χ1n) is 5.81. The summed E-state index contributed by atoms with van der Waals surface area (Å²) in [4.78, 5) is 0. The molecule has 0 saturated carbocycles. The van der Waals surface area contributed by atoms with Crippen LogP contribution in [0.4, 0.5) is 0 Å². The van der Waals surface area contributed by atoms with Gasteiger partial charge >= 0.3 is 0 Å². The Bertz CT molecular complexity index is 536. The number of aryl methyl sites for hydroxylation is 2. The summed E-state index contributed by atoms with van der Waals surface area (Å²) in [7, 11) is 1.90. The van der Waals surface area contributed by atoms with E-state index in [1.165, 1.54) is 0 Å². The third kappa shape index (κ3) is 2.90. The molecule has 3 N–H and O–H groups in total. The zero-order valence-electron chi connectivity index (χ0n) is 10.5. The van der Waals surface area contributed by atoms with E-state index >= 15 is 0 Å². The van der Waals surface area contributed by atoms with Gasteiger partial charge in [-0.3, -0.25) is 16.0 Å². The second kappa shape index (κ2) is 5.52. The number of benzene rings is 1. The summed E-state index contributed by atoms with van der Waals surface area (Å²) in [6.07, 6.45) is 2.68. The average Bonchev–Trinajstić information content (AvgIpc) is 2.72. The van der Waals surface area contributed by atoms with Gasteiger partial charge in [-0.05, 0) is 36.2 Å². The molecule has 0 saturated heterocycles. The van der Waals surface area contributed by atoms with E-state index in [9.17, 15) is 0 Å². The molecule has 2 rings (SSSR count). The van der Waals surface area contributed by atoms with Crippen molar-refractivity contribution in [2.75, 3.05) is 0 Å². The maximum atomic E-state index is 5.96. The number of nitrogens with zero attached hydrogens (tertiary/aromatic N) is 2. The first-order chi connectivity index (χ1) is 8.60. The number of rotatable bonds is 4. The fourth-order valence-electron chi connectivity index (χ4n) is 2.07. The van der Waals surface area contributed by atoms with Crippen molar-refractivity contribution >= 4 is 11.6 Å². The number of hydrogen-bond acceptors (Lipinski definition) is 3.